The molecule has 0 N–H and O–H groups in total. The second-order valence-corrected chi connectivity index (χ2v) is 3.31. The number of methoxy groups -OCH3 is 1. The Morgan fingerprint density at radius 2 is 2.19 bits per heavy atom. The first kappa shape index (κ1) is 13.3. The van der Waals surface area contributed by atoms with Gasteiger partial charge in [-0.2, -0.15) is 4.98 Å². The van der Waals surface area contributed by atoms with Crippen LogP contribution in [0.15, 0.2) is 10.7 Å². The maximum absolute atomic E-state index is 5.56. The molecule has 1 aromatic rings. The van der Waals surface area contributed by atoms with E-state index in [1.807, 2.05) is 0 Å². The van der Waals surface area contributed by atoms with Crippen molar-refractivity contribution in [1.82, 2.24) is 4.98 Å². The minimum absolute atomic E-state index is 0.233. The largest absolute Gasteiger partial charge is 0.448 e. The van der Waals surface area contributed by atoms with Gasteiger partial charge in [-0.05, 0) is 6.42 Å². The third kappa shape index (κ3) is 5.34. The summed E-state index contributed by atoms with van der Waals surface area (Å²) in [4.78, 5) is 3.98. The molecule has 0 saturated carbocycles. The first-order valence-corrected chi connectivity index (χ1v) is 5.60. The van der Waals surface area contributed by atoms with Crippen molar-refractivity contribution in [1.29, 1.82) is 0 Å². The van der Waals surface area contributed by atoms with Gasteiger partial charge >= 0.3 is 6.08 Å². The van der Waals surface area contributed by atoms with Crippen LogP contribution in [-0.4, -0.2) is 38.5 Å². The standard InChI is InChI=1S/C10H16ClNO4/c1-13-3-2-4-14-5-6-15-10-12-9(7-11)8-16-10/h8H,2-7H2,1H3. The highest BCUT2D eigenvalue weighted by Gasteiger charge is 2.03. The maximum atomic E-state index is 5.56. The Bertz CT molecular complexity index is 280. The second kappa shape index (κ2) is 8.38. The van der Waals surface area contributed by atoms with Gasteiger partial charge in [-0.1, -0.05) is 0 Å². The van der Waals surface area contributed by atoms with Gasteiger partial charge in [0.25, 0.3) is 0 Å². The van der Waals surface area contributed by atoms with Gasteiger partial charge in [0.2, 0.25) is 0 Å². The molecule has 1 heterocycles. The summed E-state index contributed by atoms with van der Waals surface area (Å²) >= 11 is 5.56. The lowest BCUT2D eigenvalue weighted by Crippen LogP contribution is -2.08. The van der Waals surface area contributed by atoms with Crippen LogP contribution in [0.4, 0.5) is 0 Å². The van der Waals surface area contributed by atoms with E-state index in [0.29, 0.717) is 38.0 Å². The lowest BCUT2D eigenvalue weighted by Gasteiger charge is -2.03. The van der Waals surface area contributed by atoms with Crippen molar-refractivity contribution in [3.63, 3.8) is 0 Å². The molecule has 5 nitrogen and oxygen atoms in total. The molecule has 0 amide bonds. The molecular weight excluding hydrogens is 234 g/mol. The number of nitrogens with zero attached hydrogens (tertiary/aromatic N) is 1. The third-order valence-electron chi connectivity index (χ3n) is 1.76. The van der Waals surface area contributed by atoms with E-state index in [2.05, 4.69) is 4.98 Å². The zero-order chi connectivity index (χ0) is 11.6. The molecule has 16 heavy (non-hydrogen) atoms. The van der Waals surface area contributed by atoms with E-state index in [-0.39, 0.29) is 6.08 Å². The molecule has 0 fully saturated rings. The Morgan fingerprint density at radius 3 is 2.88 bits per heavy atom. The van der Waals surface area contributed by atoms with E-state index in [9.17, 15) is 0 Å². The predicted octanol–water partition coefficient (Wildman–Crippen LogP) is 1.85. The van der Waals surface area contributed by atoms with Crippen molar-refractivity contribution >= 4 is 11.6 Å². The van der Waals surface area contributed by atoms with E-state index in [0.717, 1.165) is 6.42 Å². The number of ether oxygens (including phenoxy) is 3. The highest BCUT2D eigenvalue weighted by Crippen LogP contribution is 2.11. The summed E-state index contributed by atoms with van der Waals surface area (Å²) in [5, 5.41) is 0. The molecule has 0 bridgehead atoms. The Labute approximate surface area is 99.6 Å². The number of hydrogen-bond donors (Lipinski definition) is 0. The first-order valence-electron chi connectivity index (χ1n) is 5.06. The molecule has 0 spiro atoms. The molecule has 0 unspecified atom stereocenters. The smallest absolute Gasteiger partial charge is 0.393 e. The van der Waals surface area contributed by atoms with E-state index in [4.69, 9.17) is 30.2 Å². The molecule has 0 radical (unpaired) electrons. The van der Waals surface area contributed by atoms with Crippen molar-refractivity contribution in [2.45, 2.75) is 12.3 Å². The van der Waals surface area contributed by atoms with E-state index >= 15 is 0 Å². The van der Waals surface area contributed by atoms with Crippen molar-refractivity contribution in [3.8, 4) is 6.08 Å². The van der Waals surface area contributed by atoms with E-state index < -0.39 is 0 Å². The van der Waals surface area contributed by atoms with Crippen molar-refractivity contribution in [2.24, 2.45) is 0 Å². The van der Waals surface area contributed by atoms with Crippen LogP contribution < -0.4 is 4.74 Å². The van der Waals surface area contributed by atoms with Crippen LogP contribution in [0.3, 0.4) is 0 Å². The summed E-state index contributed by atoms with van der Waals surface area (Å²) in [5.74, 6) is 0.320. The van der Waals surface area contributed by atoms with Gasteiger partial charge in [-0.15, -0.1) is 11.6 Å². The third-order valence-corrected chi connectivity index (χ3v) is 2.03. The Kier molecular flexibility index (Phi) is 6.96. The average Bonchev–Trinajstić information content (AvgIpc) is 2.76. The second-order valence-electron chi connectivity index (χ2n) is 3.05. The molecular formula is C10H16ClNO4. The zero-order valence-corrected chi connectivity index (χ0v) is 10.0. The molecule has 1 aromatic heterocycles. The summed E-state index contributed by atoms with van der Waals surface area (Å²) in [6.07, 6.45) is 2.59. The predicted molar refractivity (Wildman–Crippen MR) is 58.9 cm³/mol. The number of alkyl halides is 1. The van der Waals surface area contributed by atoms with Gasteiger partial charge in [-0.25, -0.2) is 0 Å². The first-order chi connectivity index (χ1) is 7.86. The normalized spacial score (nSPS) is 10.6. The van der Waals surface area contributed by atoms with Gasteiger partial charge in [0.05, 0.1) is 18.2 Å². The number of aromatic nitrogens is 1. The van der Waals surface area contributed by atoms with Crippen LogP contribution >= 0.6 is 11.6 Å². The van der Waals surface area contributed by atoms with E-state index in [1.54, 1.807) is 7.11 Å². The van der Waals surface area contributed by atoms with E-state index in [1.165, 1.54) is 6.26 Å². The summed E-state index contributed by atoms with van der Waals surface area (Å²) in [5.41, 5.74) is 0.665. The lowest BCUT2D eigenvalue weighted by atomic mass is 10.5. The summed E-state index contributed by atoms with van der Waals surface area (Å²) in [6, 6.07) is 0. The minimum Gasteiger partial charge on any atom is -0.448 e. The summed E-state index contributed by atoms with van der Waals surface area (Å²) < 4.78 is 20.4. The molecule has 0 aromatic carbocycles. The number of rotatable bonds is 9. The van der Waals surface area contributed by atoms with Crippen LogP contribution in [0.25, 0.3) is 0 Å². The molecule has 0 aliphatic rings. The van der Waals surface area contributed by atoms with Crippen LogP contribution in [0.5, 0.6) is 6.08 Å². The molecule has 0 saturated heterocycles. The molecule has 0 aliphatic heterocycles. The van der Waals surface area contributed by atoms with Crippen LogP contribution in [-0.2, 0) is 15.4 Å². The monoisotopic (exact) mass is 249 g/mol. The minimum atomic E-state index is 0.233. The quantitative estimate of drug-likeness (QED) is 0.494. The topological polar surface area (TPSA) is 53.7 Å². The highest BCUT2D eigenvalue weighted by atomic mass is 35.5. The van der Waals surface area contributed by atoms with Crippen molar-refractivity contribution < 1.29 is 18.6 Å². The van der Waals surface area contributed by atoms with Crippen molar-refractivity contribution in [3.05, 3.63) is 12.0 Å². The fourth-order valence-electron chi connectivity index (χ4n) is 1.01. The molecule has 0 atom stereocenters. The highest BCUT2D eigenvalue weighted by molar-refractivity contribution is 6.16. The van der Waals surface area contributed by atoms with Gasteiger partial charge in [0, 0.05) is 20.3 Å². The Morgan fingerprint density at radius 1 is 1.31 bits per heavy atom. The van der Waals surface area contributed by atoms with Crippen LogP contribution in [0.2, 0.25) is 0 Å². The van der Waals surface area contributed by atoms with Crippen LogP contribution in [0, 0.1) is 0 Å². The molecule has 0 aliphatic carbocycles. The maximum Gasteiger partial charge on any atom is 0.393 e. The fraction of sp³-hybridized carbons (Fsp3) is 0.700. The Balaban J connectivity index is 1.98. The van der Waals surface area contributed by atoms with Gasteiger partial charge in [0.1, 0.15) is 12.9 Å². The zero-order valence-electron chi connectivity index (χ0n) is 9.28. The fourth-order valence-corrected chi connectivity index (χ4v) is 1.13. The summed E-state index contributed by atoms with van der Waals surface area (Å²) in [6.45, 7) is 2.28. The van der Waals surface area contributed by atoms with Gasteiger partial charge in [-0.3, -0.25) is 0 Å². The van der Waals surface area contributed by atoms with Gasteiger partial charge in [0.15, 0.2) is 0 Å². The van der Waals surface area contributed by atoms with Crippen LogP contribution in [0.1, 0.15) is 12.1 Å². The molecule has 1 rings (SSSR count). The number of halogens is 1. The van der Waals surface area contributed by atoms with Gasteiger partial charge < -0.3 is 18.6 Å². The van der Waals surface area contributed by atoms with Crippen molar-refractivity contribution in [2.75, 3.05) is 33.5 Å². The lowest BCUT2D eigenvalue weighted by molar-refractivity contribution is 0.0724. The number of oxazole rings is 1. The average molecular weight is 250 g/mol. The molecule has 6 heteroatoms. The molecule has 92 valence electrons. The Hall–Kier alpha value is -0.780. The number of hydrogen-bond acceptors (Lipinski definition) is 5. The summed E-state index contributed by atoms with van der Waals surface area (Å²) in [7, 11) is 1.67. The SMILES string of the molecule is COCCCOCCOc1nc(CCl)co1.